The van der Waals surface area contributed by atoms with E-state index >= 15 is 0 Å². The van der Waals surface area contributed by atoms with Gasteiger partial charge in [0.2, 0.25) is 5.82 Å². The minimum absolute atomic E-state index is 0.0305. The van der Waals surface area contributed by atoms with Crippen molar-refractivity contribution in [1.29, 1.82) is 0 Å². The Morgan fingerprint density at radius 3 is 3.09 bits per heavy atom. The van der Waals surface area contributed by atoms with E-state index in [0.717, 1.165) is 0 Å². The second kappa shape index (κ2) is 6.97. The lowest BCUT2D eigenvalue weighted by molar-refractivity contribution is -0.140. The number of rotatable bonds is 4. The minimum atomic E-state index is -0.156. The lowest BCUT2D eigenvalue weighted by atomic mass is 10.2. The van der Waals surface area contributed by atoms with Crippen molar-refractivity contribution in [1.82, 2.24) is 15.0 Å². The van der Waals surface area contributed by atoms with Crippen molar-refractivity contribution in [3.8, 4) is 17.5 Å². The standard InChI is InChI=1S/C15H16ClN3O4/c1-10-8-19(6-7-21-10)13(20)9-22-15-17-14(18-23-15)11-4-2-3-5-12(11)16/h2-5,10H,6-9H2,1H3/t10-/m0/s1. The predicted molar refractivity (Wildman–Crippen MR) is 82.2 cm³/mol. The maximum absolute atomic E-state index is 12.1. The zero-order valence-electron chi connectivity index (χ0n) is 12.6. The van der Waals surface area contributed by atoms with Crippen molar-refractivity contribution in [2.24, 2.45) is 0 Å². The summed E-state index contributed by atoms with van der Waals surface area (Å²) in [6.07, 6.45) is -0.0301. The van der Waals surface area contributed by atoms with Gasteiger partial charge in [0, 0.05) is 18.7 Å². The highest BCUT2D eigenvalue weighted by Crippen LogP contribution is 2.26. The number of benzene rings is 1. The fourth-order valence-corrected chi connectivity index (χ4v) is 2.50. The molecule has 0 saturated carbocycles. The molecule has 7 nitrogen and oxygen atoms in total. The van der Waals surface area contributed by atoms with E-state index in [-0.39, 0.29) is 24.7 Å². The third kappa shape index (κ3) is 3.80. The highest BCUT2D eigenvalue weighted by molar-refractivity contribution is 6.33. The van der Waals surface area contributed by atoms with Crippen molar-refractivity contribution in [2.75, 3.05) is 26.3 Å². The maximum Gasteiger partial charge on any atom is 0.418 e. The van der Waals surface area contributed by atoms with Crippen LogP contribution >= 0.6 is 11.6 Å². The molecule has 1 saturated heterocycles. The second-order valence-electron chi connectivity index (χ2n) is 5.17. The number of halogens is 1. The van der Waals surface area contributed by atoms with Crippen LogP contribution in [-0.4, -0.2) is 53.4 Å². The number of aromatic nitrogens is 2. The molecular weight excluding hydrogens is 322 g/mol. The molecule has 2 heterocycles. The van der Waals surface area contributed by atoms with Crippen LogP contribution < -0.4 is 4.74 Å². The van der Waals surface area contributed by atoms with Gasteiger partial charge >= 0.3 is 6.08 Å². The van der Waals surface area contributed by atoms with Gasteiger partial charge in [-0.3, -0.25) is 9.32 Å². The third-order valence-corrected chi connectivity index (χ3v) is 3.76. The lowest BCUT2D eigenvalue weighted by Gasteiger charge is -2.30. The van der Waals surface area contributed by atoms with E-state index in [1.165, 1.54) is 0 Å². The average Bonchev–Trinajstić information content (AvgIpc) is 3.02. The number of nitrogens with zero attached hydrogens (tertiary/aromatic N) is 3. The van der Waals surface area contributed by atoms with Crippen LogP contribution in [0.5, 0.6) is 6.08 Å². The number of carbonyl (C=O) groups is 1. The molecule has 0 unspecified atom stereocenters. The number of hydrogen-bond donors (Lipinski definition) is 0. The largest absolute Gasteiger partial charge is 0.439 e. The van der Waals surface area contributed by atoms with Gasteiger partial charge in [0.05, 0.1) is 17.7 Å². The molecule has 8 heteroatoms. The maximum atomic E-state index is 12.1. The Balaban J connectivity index is 1.59. The van der Waals surface area contributed by atoms with Gasteiger partial charge in [-0.15, -0.1) is 0 Å². The predicted octanol–water partition coefficient (Wildman–Crippen LogP) is 2.02. The van der Waals surface area contributed by atoms with Crippen molar-refractivity contribution < 1.29 is 18.8 Å². The van der Waals surface area contributed by atoms with Gasteiger partial charge in [-0.1, -0.05) is 28.9 Å². The Morgan fingerprint density at radius 1 is 1.48 bits per heavy atom. The summed E-state index contributed by atoms with van der Waals surface area (Å²) in [7, 11) is 0. The molecule has 1 atom stereocenters. The van der Waals surface area contributed by atoms with Crippen LogP contribution in [0.1, 0.15) is 6.92 Å². The monoisotopic (exact) mass is 337 g/mol. The summed E-state index contributed by atoms with van der Waals surface area (Å²) in [5.41, 5.74) is 0.640. The van der Waals surface area contributed by atoms with Gasteiger partial charge in [0.15, 0.2) is 6.61 Å². The molecule has 1 fully saturated rings. The van der Waals surface area contributed by atoms with E-state index in [1.807, 2.05) is 19.1 Å². The van der Waals surface area contributed by atoms with Crippen LogP contribution in [0.3, 0.4) is 0 Å². The Hall–Kier alpha value is -2.12. The number of amides is 1. The summed E-state index contributed by atoms with van der Waals surface area (Å²) < 4.78 is 15.7. The third-order valence-electron chi connectivity index (χ3n) is 3.44. The Labute approximate surface area is 138 Å². The molecule has 1 amide bonds. The molecule has 0 bridgehead atoms. The fourth-order valence-electron chi connectivity index (χ4n) is 2.28. The minimum Gasteiger partial charge on any atom is -0.439 e. The van der Waals surface area contributed by atoms with Crippen molar-refractivity contribution in [3.63, 3.8) is 0 Å². The average molecular weight is 338 g/mol. The second-order valence-corrected chi connectivity index (χ2v) is 5.58. The van der Waals surface area contributed by atoms with E-state index in [2.05, 4.69) is 10.1 Å². The molecule has 0 N–H and O–H groups in total. The lowest BCUT2D eigenvalue weighted by Crippen LogP contribution is -2.46. The molecular formula is C15H16ClN3O4. The van der Waals surface area contributed by atoms with Crippen LogP contribution in [0.4, 0.5) is 0 Å². The molecule has 2 aromatic rings. The summed E-state index contributed by atoms with van der Waals surface area (Å²) in [6, 6.07) is 7.14. The van der Waals surface area contributed by atoms with Gasteiger partial charge in [0.1, 0.15) is 0 Å². The smallest absolute Gasteiger partial charge is 0.418 e. The molecule has 1 aliphatic rings. The summed E-state index contributed by atoms with van der Waals surface area (Å²) in [5, 5.41) is 4.32. The zero-order chi connectivity index (χ0) is 16.2. The molecule has 1 aromatic carbocycles. The van der Waals surface area contributed by atoms with Crippen LogP contribution in [0.15, 0.2) is 28.8 Å². The fraction of sp³-hybridized carbons (Fsp3) is 0.400. The Bertz CT molecular complexity index is 691. The molecule has 23 heavy (non-hydrogen) atoms. The highest BCUT2D eigenvalue weighted by atomic mass is 35.5. The highest BCUT2D eigenvalue weighted by Gasteiger charge is 2.22. The first-order valence-electron chi connectivity index (χ1n) is 7.24. The van der Waals surface area contributed by atoms with Gasteiger partial charge in [-0.25, -0.2) is 0 Å². The number of carbonyl (C=O) groups excluding carboxylic acids is 1. The molecule has 0 aliphatic carbocycles. The first-order chi connectivity index (χ1) is 11.1. The van der Waals surface area contributed by atoms with Crippen LogP contribution in [0.25, 0.3) is 11.4 Å². The molecule has 0 radical (unpaired) electrons. The van der Waals surface area contributed by atoms with Gasteiger partial charge < -0.3 is 14.4 Å². The SMILES string of the molecule is C[C@H]1CN(C(=O)COc2nc(-c3ccccc3Cl)no2)CCO1. The van der Waals surface area contributed by atoms with E-state index < -0.39 is 0 Å². The van der Waals surface area contributed by atoms with E-state index in [4.69, 9.17) is 25.6 Å². The summed E-state index contributed by atoms with van der Waals surface area (Å²) in [5.74, 6) is 0.177. The van der Waals surface area contributed by atoms with E-state index in [9.17, 15) is 4.79 Å². The van der Waals surface area contributed by atoms with Gasteiger partial charge in [0.25, 0.3) is 5.91 Å². The summed E-state index contributed by atoms with van der Waals surface area (Å²) in [4.78, 5) is 17.9. The number of hydrogen-bond acceptors (Lipinski definition) is 6. The summed E-state index contributed by atoms with van der Waals surface area (Å²) >= 11 is 6.08. The number of morpholine rings is 1. The first kappa shape index (κ1) is 15.8. The molecule has 1 aromatic heterocycles. The van der Waals surface area contributed by atoms with Crippen LogP contribution in [0.2, 0.25) is 5.02 Å². The van der Waals surface area contributed by atoms with Gasteiger partial charge in [-0.05, 0) is 19.1 Å². The molecule has 1 aliphatic heterocycles. The van der Waals surface area contributed by atoms with E-state index in [1.54, 1.807) is 17.0 Å². The van der Waals surface area contributed by atoms with Crippen LogP contribution in [0, 0.1) is 0 Å². The quantitative estimate of drug-likeness (QED) is 0.849. The molecule has 3 rings (SSSR count). The number of ether oxygens (including phenoxy) is 2. The zero-order valence-corrected chi connectivity index (χ0v) is 13.3. The van der Waals surface area contributed by atoms with Crippen molar-refractivity contribution >= 4 is 17.5 Å². The summed E-state index contributed by atoms with van der Waals surface area (Å²) in [6.45, 7) is 3.41. The van der Waals surface area contributed by atoms with Gasteiger partial charge in [-0.2, -0.15) is 4.98 Å². The van der Waals surface area contributed by atoms with Crippen LogP contribution in [-0.2, 0) is 9.53 Å². The molecule has 122 valence electrons. The first-order valence-corrected chi connectivity index (χ1v) is 7.62. The molecule has 0 spiro atoms. The van der Waals surface area contributed by atoms with E-state index in [0.29, 0.717) is 36.1 Å². The van der Waals surface area contributed by atoms with Crippen molar-refractivity contribution in [2.45, 2.75) is 13.0 Å². The van der Waals surface area contributed by atoms with Crippen molar-refractivity contribution in [3.05, 3.63) is 29.3 Å². The Kier molecular flexibility index (Phi) is 4.78. The Morgan fingerprint density at radius 2 is 2.30 bits per heavy atom. The topological polar surface area (TPSA) is 77.7 Å². The normalized spacial score (nSPS) is 18.0.